The molecule has 2 aromatic carbocycles. The Morgan fingerprint density at radius 3 is 2.49 bits per heavy atom. The Hall–Kier alpha value is -3.64. The second kappa shape index (κ2) is 12.5. The number of likely N-dealkylation sites (tertiary alicyclic amines) is 1. The van der Waals surface area contributed by atoms with Crippen molar-refractivity contribution >= 4 is 37.1 Å². The summed E-state index contributed by atoms with van der Waals surface area (Å²) < 4.78 is 19.2. The van der Waals surface area contributed by atoms with Gasteiger partial charge < -0.3 is 24.0 Å². The van der Waals surface area contributed by atoms with Crippen molar-refractivity contribution < 1.29 is 23.8 Å². The van der Waals surface area contributed by atoms with E-state index in [1.165, 1.54) is 4.59 Å². The molecule has 0 N–H and O–H groups in total. The molecule has 43 heavy (non-hydrogen) atoms. The van der Waals surface area contributed by atoms with Gasteiger partial charge in [-0.1, -0.05) is 49.7 Å². The molecule has 11 nitrogen and oxygen atoms in total. The third kappa shape index (κ3) is 6.50. The van der Waals surface area contributed by atoms with Gasteiger partial charge in [0.25, 0.3) is 13.9 Å². The van der Waals surface area contributed by atoms with E-state index >= 15 is 0 Å². The Morgan fingerprint density at radius 1 is 1.12 bits per heavy atom. The monoisotopic (exact) mass is 606 g/mol. The molecule has 2 aliphatic rings. The number of anilines is 1. The Kier molecular flexibility index (Phi) is 8.98. The van der Waals surface area contributed by atoms with Gasteiger partial charge in [0, 0.05) is 47.4 Å². The zero-order valence-corrected chi connectivity index (χ0v) is 25.9. The summed E-state index contributed by atoms with van der Waals surface area (Å²) in [5, 5.41) is 11.9. The predicted molar refractivity (Wildman–Crippen MR) is 162 cm³/mol. The number of amides is 2. The van der Waals surface area contributed by atoms with Crippen molar-refractivity contribution in [2.45, 2.75) is 58.2 Å². The third-order valence-electron chi connectivity index (χ3n) is 7.84. The summed E-state index contributed by atoms with van der Waals surface area (Å²) in [5.41, 5.74) is 1.80. The zero-order valence-electron chi connectivity index (χ0n) is 25.1. The number of tetrazole rings is 1. The molecule has 0 aliphatic carbocycles. The summed E-state index contributed by atoms with van der Waals surface area (Å²) in [7, 11) is 8.96. The highest BCUT2D eigenvalue weighted by atomic mass is 35.5. The summed E-state index contributed by atoms with van der Waals surface area (Å²) in [5.74, 6) is 1.19. The van der Waals surface area contributed by atoms with Crippen LogP contribution in [0.4, 0.5) is 5.69 Å². The van der Waals surface area contributed by atoms with Gasteiger partial charge in [0.15, 0.2) is 11.5 Å². The van der Waals surface area contributed by atoms with Crippen LogP contribution < -0.4 is 14.4 Å². The first-order chi connectivity index (χ1) is 20.5. The minimum absolute atomic E-state index is 0.0474. The Labute approximate surface area is 257 Å². The normalized spacial score (nSPS) is 19.6. The van der Waals surface area contributed by atoms with Crippen LogP contribution in [0.25, 0.3) is 0 Å². The number of nitrogens with zero attached hydrogens (tertiary/aromatic N) is 6. The van der Waals surface area contributed by atoms with Crippen molar-refractivity contribution in [3.05, 3.63) is 58.4 Å². The average Bonchev–Trinajstić information content (AvgIpc) is 3.38. The van der Waals surface area contributed by atoms with Crippen molar-refractivity contribution in [1.29, 1.82) is 0 Å². The molecule has 0 saturated carbocycles. The van der Waals surface area contributed by atoms with Gasteiger partial charge in [0.2, 0.25) is 5.91 Å². The number of rotatable bonds is 7. The molecule has 1 fully saturated rings. The summed E-state index contributed by atoms with van der Waals surface area (Å²) in [6.07, 6.45) is -0.627. The van der Waals surface area contributed by atoms with Gasteiger partial charge in [-0.05, 0) is 47.7 Å². The number of methoxy groups -OCH3 is 2. The summed E-state index contributed by atoms with van der Waals surface area (Å²) in [6, 6.07) is 10.9. The van der Waals surface area contributed by atoms with Crippen LogP contribution in [-0.2, 0) is 14.3 Å². The van der Waals surface area contributed by atoms with Crippen LogP contribution in [-0.4, -0.2) is 84.8 Å². The maximum atomic E-state index is 14.3. The molecule has 1 saturated heterocycles. The zero-order chi connectivity index (χ0) is 30.9. The van der Waals surface area contributed by atoms with Crippen LogP contribution >= 0.6 is 11.6 Å². The van der Waals surface area contributed by atoms with E-state index in [0.717, 1.165) is 0 Å². The number of fused-ring (bicyclic) bond motifs is 1. The molecule has 5 rings (SSSR count). The molecule has 3 heterocycles. The lowest BCUT2D eigenvalue weighted by atomic mass is 9.94. The van der Waals surface area contributed by atoms with Crippen LogP contribution in [0.2, 0.25) is 5.02 Å². The molecule has 2 amide bonds. The third-order valence-corrected chi connectivity index (χ3v) is 8.08. The fraction of sp³-hybridized carbons (Fsp3) is 0.500. The number of ether oxygens (including phenoxy) is 3. The lowest BCUT2D eigenvalue weighted by Crippen LogP contribution is -2.46. The van der Waals surface area contributed by atoms with Crippen LogP contribution in [0, 0.1) is 5.41 Å². The van der Waals surface area contributed by atoms with E-state index in [9.17, 15) is 9.59 Å². The van der Waals surface area contributed by atoms with Crippen molar-refractivity contribution in [3.63, 3.8) is 0 Å². The van der Waals surface area contributed by atoms with Gasteiger partial charge in [-0.3, -0.25) is 14.2 Å². The molecule has 2 aliphatic heterocycles. The molecule has 226 valence electrons. The first-order valence-electron chi connectivity index (χ1n) is 14.3. The topological polar surface area (TPSA) is 112 Å². The molecule has 0 bridgehead atoms. The van der Waals surface area contributed by atoms with Gasteiger partial charge in [-0.15, -0.1) is 5.10 Å². The van der Waals surface area contributed by atoms with Crippen molar-refractivity contribution in [2.75, 3.05) is 38.8 Å². The quantitative estimate of drug-likeness (QED) is 0.372. The first-order valence-corrected chi connectivity index (χ1v) is 14.7. The Morgan fingerprint density at radius 2 is 1.86 bits per heavy atom. The second-order valence-corrected chi connectivity index (χ2v) is 12.6. The molecule has 0 spiro atoms. The fourth-order valence-electron chi connectivity index (χ4n) is 5.85. The van der Waals surface area contributed by atoms with E-state index < -0.39 is 12.2 Å². The summed E-state index contributed by atoms with van der Waals surface area (Å²) in [4.78, 5) is 31.5. The molecule has 2 radical (unpaired) electrons. The van der Waals surface area contributed by atoms with Gasteiger partial charge in [0.1, 0.15) is 18.0 Å². The lowest BCUT2D eigenvalue weighted by Gasteiger charge is -2.33. The second-order valence-electron chi connectivity index (χ2n) is 12.1. The number of carbonyl (C=O) groups excluding carboxylic acids is 2. The highest BCUT2D eigenvalue weighted by molar-refractivity contribution is 6.30. The van der Waals surface area contributed by atoms with Gasteiger partial charge in [-0.25, -0.2) is 0 Å². The van der Waals surface area contributed by atoms with Gasteiger partial charge in [0.05, 0.1) is 20.6 Å². The van der Waals surface area contributed by atoms with Crippen molar-refractivity contribution in [3.8, 4) is 11.5 Å². The van der Waals surface area contributed by atoms with E-state index in [2.05, 4.69) is 36.3 Å². The molecule has 0 unspecified atom stereocenters. The number of piperidine rings is 1. The maximum absolute atomic E-state index is 14.3. The minimum atomic E-state index is -1.06. The van der Waals surface area contributed by atoms with Crippen LogP contribution in [0.3, 0.4) is 0 Å². The van der Waals surface area contributed by atoms with E-state index in [4.69, 9.17) is 33.8 Å². The van der Waals surface area contributed by atoms with E-state index in [1.807, 2.05) is 24.3 Å². The van der Waals surface area contributed by atoms with E-state index in [0.29, 0.717) is 71.6 Å². The number of aromatic nitrogens is 4. The molecule has 2 atom stereocenters. The summed E-state index contributed by atoms with van der Waals surface area (Å²) in [6.45, 7) is 7.58. The van der Waals surface area contributed by atoms with E-state index in [-0.39, 0.29) is 29.6 Å². The molecular formula is C30H36BClN6O5. The van der Waals surface area contributed by atoms with Crippen molar-refractivity contribution in [2.24, 2.45) is 5.41 Å². The smallest absolute Gasteiger partial charge is 0.269 e. The standard InChI is InChI=1S/C30H36BClN6O5/c1-30(2,3)17-37-22-10-9-19(32)15-21(22)26(20-7-6-8-23(41-4)27(20)42-5)43-24(29(37)40)16-25(39)36-13-11-18(12-14-36)28-33-34-35-38(28)31/h6-10,15,18,24,26H,11-14,16-17H2,1-5H3/t24-,26-/m1/s1. The minimum Gasteiger partial charge on any atom is -0.493 e. The van der Waals surface area contributed by atoms with Crippen molar-refractivity contribution in [1.82, 2.24) is 25.0 Å². The Bertz CT molecular complexity index is 1490. The first kappa shape index (κ1) is 30.8. The lowest BCUT2D eigenvalue weighted by molar-refractivity contribution is -0.143. The predicted octanol–water partition coefficient (Wildman–Crippen LogP) is 3.94. The highest BCUT2D eigenvalue weighted by Gasteiger charge is 2.41. The maximum Gasteiger partial charge on any atom is 0.269 e. The van der Waals surface area contributed by atoms with E-state index in [1.54, 1.807) is 36.2 Å². The fourth-order valence-corrected chi connectivity index (χ4v) is 6.03. The highest BCUT2D eigenvalue weighted by Crippen LogP contribution is 2.45. The van der Waals surface area contributed by atoms with Gasteiger partial charge in [-0.2, -0.15) is 0 Å². The average molecular weight is 607 g/mol. The number of carbonyl (C=O) groups is 2. The van der Waals surface area contributed by atoms with Crippen LogP contribution in [0.5, 0.6) is 11.5 Å². The molecule has 3 aromatic rings. The molecule has 1 aromatic heterocycles. The SMILES string of the molecule is [B]n1nnnc1C1CCN(C(=O)C[C@H]2O[C@H](c3cccc(OC)c3OC)c3cc(Cl)ccc3N(CC(C)(C)C)C2=O)CC1. The van der Waals surface area contributed by atoms with Crippen LogP contribution in [0.1, 0.15) is 69.0 Å². The van der Waals surface area contributed by atoms with Crippen LogP contribution in [0.15, 0.2) is 36.4 Å². The molecular weight excluding hydrogens is 571 g/mol. The number of hydrogen-bond donors (Lipinski definition) is 0. The molecule has 13 heteroatoms. The number of para-hydroxylation sites is 1. The number of benzene rings is 2. The number of hydrogen-bond acceptors (Lipinski definition) is 8. The Balaban J connectivity index is 1.49. The number of halogens is 1. The largest absolute Gasteiger partial charge is 0.493 e. The summed E-state index contributed by atoms with van der Waals surface area (Å²) >= 11 is 6.52. The van der Waals surface area contributed by atoms with Gasteiger partial charge >= 0.3 is 0 Å².